The molecule has 0 saturated carbocycles. The van der Waals surface area contributed by atoms with Crippen LogP contribution in [-0.2, 0) is 0 Å². The van der Waals surface area contributed by atoms with Crippen LogP contribution in [0.4, 0.5) is 0 Å². The fraction of sp³-hybridized carbons (Fsp3) is 0.0769. The van der Waals surface area contributed by atoms with Crippen molar-refractivity contribution in [3.8, 4) is 11.1 Å². The Hall–Kier alpha value is -2.56. The molecule has 0 saturated heterocycles. The Balaban J connectivity index is 2.39. The van der Waals surface area contributed by atoms with Crippen LogP contribution in [0.3, 0.4) is 0 Å². The number of aromatic carboxylic acids is 1. The van der Waals surface area contributed by atoms with Crippen molar-refractivity contribution in [3.63, 3.8) is 0 Å². The summed E-state index contributed by atoms with van der Waals surface area (Å²) in [6, 6.07) is 7.02. The quantitative estimate of drug-likeness (QED) is 0.833. The number of carboxylic acids is 1. The molecule has 0 aliphatic rings. The van der Waals surface area contributed by atoms with Crippen molar-refractivity contribution in [2.45, 2.75) is 6.92 Å². The second-order valence-electron chi connectivity index (χ2n) is 3.74. The lowest BCUT2D eigenvalue weighted by molar-refractivity contribution is 0.0683. The highest BCUT2D eigenvalue weighted by Crippen LogP contribution is 2.19. The Labute approximate surface area is 103 Å². The van der Waals surface area contributed by atoms with Crippen LogP contribution in [0.25, 0.3) is 11.1 Å². The first-order valence-electron chi connectivity index (χ1n) is 5.24. The molecule has 5 heteroatoms. The van der Waals surface area contributed by atoms with Crippen LogP contribution in [-0.4, -0.2) is 26.8 Å². The molecule has 0 bridgehead atoms. The zero-order valence-corrected chi connectivity index (χ0v) is 9.62. The molecule has 2 aromatic rings. The Morgan fingerprint density at radius 2 is 1.78 bits per heavy atom. The minimum absolute atomic E-state index is 0.0278. The number of aromatic nitrogens is 2. The summed E-state index contributed by atoms with van der Waals surface area (Å²) >= 11 is 0. The second kappa shape index (κ2) is 4.75. The average molecular weight is 242 g/mol. The molecule has 5 nitrogen and oxygen atoms in total. The predicted molar refractivity (Wildman–Crippen MR) is 64.4 cm³/mol. The third-order valence-corrected chi connectivity index (χ3v) is 2.45. The number of nitrogens with zero attached hydrogens (tertiary/aromatic N) is 2. The lowest BCUT2D eigenvalue weighted by atomic mass is 10.0. The summed E-state index contributed by atoms with van der Waals surface area (Å²) < 4.78 is 0. The first kappa shape index (κ1) is 11.9. The van der Waals surface area contributed by atoms with E-state index < -0.39 is 5.97 Å². The van der Waals surface area contributed by atoms with E-state index in [0.29, 0.717) is 11.1 Å². The van der Waals surface area contributed by atoms with Gasteiger partial charge < -0.3 is 5.11 Å². The normalized spacial score (nSPS) is 10.1. The molecule has 0 atom stereocenters. The van der Waals surface area contributed by atoms with Crippen molar-refractivity contribution >= 4 is 11.8 Å². The number of hydrogen-bond donors (Lipinski definition) is 1. The van der Waals surface area contributed by atoms with Crippen molar-refractivity contribution in [2.24, 2.45) is 0 Å². The first-order chi connectivity index (χ1) is 8.58. The van der Waals surface area contributed by atoms with E-state index in [4.69, 9.17) is 5.11 Å². The maximum Gasteiger partial charge on any atom is 0.373 e. The summed E-state index contributed by atoms with van der Waals surface area (Å²) in [5, 5.41) is 8.69. The van der Waals surface area contributed by atoms with Crippen LogP contribution in [0.2, 0.25) is 0 Å². The fourth-order valence-electron chi connectivity index (χ4n) is 1.51. The van der Waals surface area contributed by atoms with Gasteiger partial charge in [0.25, 0.3) is 0 Å². The zero-order valence-electron chi connectivity index (χ0n) is 9.62. The first-order valence-corrected chi connectivity index (χ1v) is 5.24. The van der Waals surface area contributed by atoms with Gasteiger partial charge in [-0.25, -0.2) is 14.8 Å². The fourth-order valence-corrected chi connectivity index (χ4v) is 1.51. The zero-order chi connectivity index (χ0) is 13.1. The van der Waals surface area contributed by atoms with Gasteiger partial charge in [-0.1, -0.05) is 18.2 Å². The molecule has 1 aromatic heterocycles. The van der Waals surface area contributed by atoms with Crippen LogP contribution >= 0.6 is 0 Å². The van der Waals surface area contributed by atoms with Crippen molar-refractivity contribution in [2.75, 3.05) is 0 Å². The van der Waals surface area contributed by atoms with Crippen molar-refractivity contribution < 1.29 is 14.7 Å². The minimum atomic E-state index is -1.17. The Kier molecular flexibility index (Phi) is 3.14. The third-order valence-electron chi connectivity index (χ3n) is 2.45. The molecule has 2 rings (SSSR count). The SMILES string of the molecule is CC(=O)c1cccc(-c2cnc(C(=O)O)nc2)c1. The van der Waals surface area contributed by atoms with E-state index in [1.54, 1.807) is 18.2 Å². The second-order valence-corrected chi connectivity index (χ2v) is 3.74. The Morgan fingerprint density at radius 3 is 2.33 bits per heavy atom. The van der Waals surface area contributed by atoms with Gasteiger partial charge in [0.1, 0.15) is 0 Å². The van der Waals surface area contributed by atoms with Gasteiger partial charge in [-0.05, 0) is 18.6 Å². The van der Waals surface area contributed by atoms with E-state index in [2.05, 4.69) is 9.97 Å². The molecular weight excluding hydrogens is 232 g/mol. The molecule has 0 amide bonds. The largest absolute Gasteiger partial charge is 0.475 e. The number of Topliss-reactive ketones (excluding diaryl/α,β-unsaturated/α-hetero) is 1. The van der Waals surface area contributed by atoms with E-state index in [0.717, 1.165) is 5.56 Å². The number of carbonyl (C=O) groups excluding carboxylic acids is 1. The topological polar surface area (TPSA) is 80.2 Å². The molecule has 90 valence electrons. The number of benzene rings is 1. The highest BCUT2D eigenvalue weighted by Gasteiger charge is 2.07. The third kappa shape index (κ3) is 2.40. The van der Waals surface area contributed by atoms with E-state index >= 15 is 0 Å². The van der Waals surface area contributed by atoms with Gasteiger partial charge >= 0.3 is 5.97 Å². The van der Waals surface area contributed by atoms with Gasteiger partial charge in [0.15, 0.2) is 5.78 Å². The van der Waals surface area contributed by atoms with Gasteiger partial charge in [-0.2, -0.15) is 0 Å². The molecule has 0 fully saturated rings. The minimum Gasteiger partial charge on any atom is -0.475 e. The van der Waals surface area contributed by atoms with Crippen LogP contribution in [0.15, 0.2) is 36.7 Å². The molecule has 0 aliphatic carbocycles. The van der Waals surface area contributed by atoms with E-state index in [-0.39, 0.29) is 11.6 Å². The van der Waals surface area contributed by atoms with Crippen LogP contribution < -0.4 is 0 Å². The molecule has 0 radical (unpaired) electrons. The summed E-state index contributed by atoms with van der Waals surface area (Å²) in [4.78, 5) is 29.4. The maximum absolute atomic E-state index is 11.3. The van der Waals surface area contributed by atoms with E-state index in [9.17, 15) is 9.59 Å². The van der Waals surface area contributed by atoms with E-state index in [1.165, 1.54) is 19.3 Å². The number of ketones is 1. The van der Waals surface area contributed by atoms with Crippen molar-refractivity contribution in [3.05, 3.63) is 48.0 Å². The van der Waals surface area contributed by atoms with Gasteiger partial charge in [-0.15, -0.1) is 0 Å². The molecule has 1 heterocycles. The molecule has 18 heavy (non-hydrogen) atoms. The number of carboxylic acid groups (broad SMARTS) is 1. The molecule has 0 spiro atoms. The lowest BCUT2D eigenvalue weighted by Crippen LogP contribution is -2.03. The van der Waals surface area contributed by atoms with Crippen LogP contribution in [0.1, 0.15) is 27.9 Å². The monoisotopic (exact) mass is 242 g/mol. The number of carbonyl (C=O) groups is 2. The molecule has 0 aliphatic heterocycles. The van der Waals surface area contributed by atoms with Crippen LogP contribution in [0, 0.1) is 0 Å². The van der Waals surface area contributed by atoms with Gasteiger partial charge in [0, 0.05) is 23.5 Å². The summed E-state index contributed by atoms with van der Waals surface area (Å²) in [6.07, 6.45) is 2.85. The van der Waals surface area contributed by atoms with Crippen LogP contribution in [0.5, 0.6) is 0 Å². The standard InChI is InChI=1S/C13H10N2O3/c1-8(16)9-3-2-4-10(5-9)11-6-14-12(13(17)18)15-7-11/h2-7H,1H3,(H,17,18). The van der Waals surface area contributed by atoms with Gasteiger partial charge in [0.05, 0.1) is 0 Å². The van der Waals surface area contributed by atoms with E-state index in [1.807, 2.05) is 6.07 Å². The summed E-state index contributed by atoms with van der Waals surface area (Å²) in [6.45, 7) is 1.49. The predicted octanol–water partition coefficient (Wildman–Crippen LogP) is 2.04. The summed E-state index contributed by atoms with van der Waals surface area (Å²) in [5.41, 5.74) is 2.04. The van der Waals surface area contributed by atoms with Crippen molar-refractivity contribution in [1.82, 2.24) is 9.97 Å². The summed E-state index contributed by atoms with van der Waals surface area (Å²) in [5.74, 6) is -1.44. The Morgan fingerprint density at radius 1 is 1.11 bits per heavy atom. The number of hydrogen-bond acceptors (Lipinski definition) is 4. The maximum atomic E-state index is 11.3. The molecule has 0 unspecified atom stereocenters. The van der Waals surface area contributed by atoms with Gasteiger partial charge in [-0.3, -0.25) is 4.79 Å². The molecule has 1 N–H and O–H groups in total. The Bertz CT molecular complexity index is 606. The average Bonchev–Trinajstić information content (AvgIpc) is 2.39. The lowest BCUT2D eigenvalue weighted by Gasteiger charge is -2.03. The summed E-state index contributed by atoms with van der Waals surface area (Å²) in [7, 11) is 0. The highest BCUT2D eigenvalue weighted by atomic mass is 16.4. The van der Waals surface area contributed by atoms with Crippen molar-refractivity contribution in [1.29, 1.82) is 0 Å². The molecular formula is C13H10N2O3. The smallest absolute Gasteiger partial charge is 0.373 e. The van der Waals surface area contributed by atoms with Gasteiger partial charge in [0.2, 0.25) is 5.82 Å². The highest BCUT2D eigenvalue weighted by molar-refractivity contribution is 5.95. The molecule has 1 aromatic carbocycles. The number of rotatable bonds is 3.